The number of sulfone groups is 1. The van der Waals surface area contributed by atoms with Crippen molar-refractivity contribution in [3.05, 3.63) is 141 Å². The molecule has 2 atom stereocenters. The second-order valence-corrected chi connectivity index (χ2v) is 20.2. The zero-order chi connectivity index (χ0) is 38.7. The molecule has 280 valence electrons. The van der Waals surface area contributed by atoms with Gasteiger partial charge in [-0.1, -0.05) is 140 Å². The largest absolute Gasteiger partial charge is 0.384 e. The van der Waals surface area contributed by atoms with E-state index in [9.17, 15) is 18.6 Å². The molecule has 0 aliphatic heterocycles. The molecule has 0 fully saturated rings. The van der Waals surface area contributed by atoms with Crippen LogP contribution in [0.25, 0.3) is 12.2 Å². The van der Waals surface area contributed by atoms with Crippen LogP contribution in [-0.4, -0.2) is 18.6 Å². The Labute approximate surface area is 318 Å². The minimum absolute atomic E-state index is 0.0540. The van der Waals surface area contributed by atoms with Crippen molar-refractivity contribution in [1.82, 2.24) is 0 Å². The Morgan fingerprint density at radius 1 is 0.509 bits per heavy atom. The Morgan fingerprint density at radius 3 is 1.19 bits per heavy atom. The first-order valence-electron chi connectivity index (χ1n) is 19.1. The molecule has 4 aromatic rings. The van der Waals surface area contributed by atoms with Gasteiger partial charge in [0, 0.05) is 0 Å². The van der Waals surface area contributed by atoms with Gasteiger partial charge in [-0.25, -0.2) is 8.42 Å². The van der Waals surface area contributed by atoms with Crippen LogP contribution < -0.4 is 0 Å². The van der Waals surface area contributed by atoms with Gasteiger partial charge < -0.3 is 10.2 Å². The van der Waals surface area contributed by atoms with Crippen LogP contribution in [0.5, 0.6) is 0 Å². The maximum Gasteiger partial charge on any atom is 0.207 e. The molecule has 0 saturated heterocycles. The van der Waals surface area contributed by atoms with Crippen LogP contribution in [0, 0.1) is 13.8 Å². The molecule has 0 radical (unpaired) electrons. The van der Waals surface area contributed by atoms with Crippen LogP contribution in [-0.2, 0) is 31.5 Å². The van der Waals surface area contributed by atoms with Gasteiger partial charge in [0.15, 0.2) is 0 Å². The Bertz CT molecular complexity index is 2060. The minimum atomic E-state index is -3.79. The molecule has 0 amide bonds. The second kappa shape index (κ2) is 13.8. The zero-order valence-corrected chi connectivity index (χ0v) is 34.2. The normalized spacial score (nSPS) is 19.8. The standard InChI is InChI=1S/C48H58O4S/c1-31-27-33(11-19-41(49)35-15-17-37-39(29-35)47(7,8)25-23-45(37,3)4)13-21-43(31)53(51,52)44-22-14-34(28-32(44)2)12-20-42(50)36-16-18-38-40(30-36)48(9,10)26-24-46(38,5)6/h11-22,27-30,41-42,49-50H,23-26H2,1-10H3. The number of benzene rings is 4. The van der Waals surface area contributed by atoms with Crippen molar-refractivity contribution in [1.29, 1.82) is 0 Å². The van der Waals surface area contributed by atoms with Crippen LogP contribution in [0.3, 0.4) is 0 Å². The van der Waals surface area contributed by atoms with Gasteiger partial charge in [-0.15, -0.1) is 0 Å². The molecular formula is C48H58O4S. The van der Waals surface area contributed by atoms with Gasteiger partial charge in [0.25, 0.3) is 0 Å². The molecule has 6 rings (SSSR count). The summed E-state index contributed by atoms with van der Waals surface area (Å²) in [6.07, 6.45) is 10.2. The average molecular weight is 731 g/mol. The van der Waals surface area contributed by atoms with Gasteiger partial charge in [0.2, 0.25) is 9.84 Å². The van der Waals surface area contributed by atoms with E-state index in [1.165, 1.54) is 22.3 Å². The minimum Gasteiger partial charge on any atom is -0.384 e. The lowest BCUT2D eigenvalue weighted by atomic mass is 9.63. The highest BCUT2D eigenvalue weighted by Gasteiger charge is 2.38. The van der Waals surface area contributed by atoms with Gasteiger partial charge in [-0.05, 0) is 129 Å². The van der Waals surface area contributed by atoms with E-state index in [0.29, 0.717) is 11.1 Å². The lowest BCUT2D eigenvalue weighted by Crippen LogP contribution is -2.33. The molecule has 53 heavy (non-hydrogen) atoms. The molecule has 0 heterocycles. The van der Waals surface area contributed by atoms with Crippen molar-refractivity contribution in [3.63, 3.8) is 0 Å². The number of hydrogen-bond acceptors (Lipinski definition) is 4. The summed E-state index contributed by atoms with van der Waals surface area (Å²) in [6, 6.07) is 23.3. The third-order valence-corrected chi connectivity index (χ3v) is 14.4. The number of aliphatic hydroxyl groups excluding tert-OH is 2. The van der Waals surface area contributed by atoms with Gasteiger partial charge in [-0.3, -0.25) is 0 Å². The van der Waals surface area contributed by atoms with Crippen LogP contribution in [0.1, 0.15) is 149 Å². The highest BCUT2D eigenvalue weighted by atomic mass is 32.2. The first kappa shape index (κ1) is 38.9. The third-order valence-electron chi connectivity index (χ3n) is 12.4. The average Bonchev–Trinajstić information content (AvgIpc) is 3.09. The Kier molecular flexibility index (Phi) is 10.2. The SMILES string of the molecule is Cc1cc(C=CC(O)c2ccc3c(c2)C(C)(C)CCC3(C)C)ccc1S(=O)(=O)c1ccc(C=CC(O)c2ccc3c(c2)C(C)(C)CCC3(C)C)cc1C. The van der Waals surface area contributed by atoms with Gasteiger partial charge in [-0.2, -0.15) is 0 Å². The maximum absolute atomic E-state index is 13.9. The van der Waals surface area contributed by atoms with Crippen LogP contribution in [0.4, 0.5) is 0 Å². The van der Waals surface area contributed by atoms with E-state index in [4.69, 9.17) is 0 Å². The van der Waals surface area contributed by atoms with E-state index >= 15 is 0 Å². The van der Waals surface area contributed by atoms with E-state index in [-0.39, 0.29) is 31.5 Å². The fourth-order valence-corrected chi connectivity index (χ4v) is 10.2. The maximum atomic E-state index is 13.9. The monoisotopic (exact) mass is 730 g/mol. The molecule has 4 aromatic carbocycles. The Morgan fingerprint density at radius 2 is 0.849 bits per heavy atom. The number of fused-ring (bicyclic) bond motifs is 2. The zero-order valence-electron chi connectivity index (χ0n) is 33.3. The summed E-state index contributed by atoms with van der Waals surface area (Å²) in [5.41, 5.74) is 10.3. The van der Waals surface area contributed by atoms with Crippen molar-refractivity contribution < 1.29 is 18.6 Å². The summed E-state index contributed by atoms with van der Waals surface area (Å²) >= 11 is 0. The van der Waals surface area contributed by atoms with E-state index in [2.05, 4.69) is 79.7 Å². The first-order valence-corrected chi connectivity index (χ1v) is 20.6. The van der Waals surface area contributed by atoms with Crippen molar-refractivity contribution in [2.75, 3.05) is 0 Å². The summed E-state index contributed by atoms with van der Waals surface area (Å²) in [7, 11) is -3.79. The first-order chi connectivity index (χ1) is 24.6. The molecule has 2 aliphatic carbocycles. The molecule has 2 unspecified atom stereocenters. The van der Waals surface area contributed by atoms with E-state index < -0.39 is 22.0 Å². The van der Waals surface area contributed by atoms with Crippen molar-refractivity contribution in [2.45, 2.75) is 139 Å². The van der Waals surface area contributed by atoms with E-state index in [0.717, 1.165) is 47.9 Å². The van der Waals surface area contributed by atoms with Crippen LogP contribution >= 0.6 is 0 Å². The smallest absolute Gasteiger partial charge is 0.207 e. The van der Waals surface area contributed by atoms with E-state index in [1.54, 1.807) is 36.4 Å². The molecule has 0 saturated carbocycles. The lowest BCUT2D eigenvalue weighted by molar-refractivity contribution is 0.228. The van der Waals surface area contributed by atoms with Gasteiger partial charge >= 0.3 is 0 Å². The molecule has 2 N–H and O–H groups in total. The topological polar surface area (TPSA) is 74.6 Å². The van der Waals surface area contributed by atoms with Crippen molar-refractivity contribution >= 4 is 22.0 Å². The summed E-state index contributed by atoms with van der Waals surface area (Å²) in [5.74, 6) is 0. The highest BCUT2D eigenvalue weighted by Crippen LogP contribution is 2.47. The highest BCUT2D eigenvalue weighted by molar-refractivity contribution is 7.91. The molecule has 2 aliphatic rings. The van der Waals surface area contributed by atoms with Gasteiger partial charge in [0.05, 0.1) is 22.0 Å². The van der Waals surface area contributed by atoms with Crippen molar-refractivity contribution in [3.8, 4) is 0 Å². The van der Waals surface area contributed by atoms with Crippen LogP contribution in [0.2, 0.25) is 0 Å². The fraction of sp³-hybridized carbons (Fsp3) is 0.417. The second-order valence-electron chi connectivity index (χ2n) is 18.3. The molecule has 0 bridgehead atoms. The summed E-state index contributed by atoms with van der Waals surface area (Å²) in [6.45, 7) is 21.9. The molecule has 0 aromatic heterocycles. The molecule has 0 spiro atoms. The molecule has 5 heteroatoms. The summed E-state index contributed by atoms with van der Waals surface area (Å²) in [4.78, 5) is 0.519. The van der Waals surface area contributed by atoms with Gasteiger partial charge in [0.1, 0.15) is 0 Å². The number of rotatable bonds is 8. The van der Waals surface area contributed by atoms with Crippen molar-refractivity contribution in [2.24, 2.45) is 0 Å². The Hall–Kier alpha value is -3.77. The summed E-state index contributed by atoms with van der Waals surface area (Å²) < 4.78 is 27.8. The number of aryl methyl sites for hydroxylation is 2. The predicted molar refractivity (Wildman–Crippen MR) is 219 cm³/mol. The predicted octanol–water partition coefficient (Wildman–Crippen LogP) is 11.3. The summed E-state index contributed by atoms with van der Waals surface area (Å²) in [5, 5.41) is 22.3. The number of aliphatic hydroxyl groups is 2. The lowest BCUT2D eigenvalue weighted by Gasteiger charge is -2.42. The molecule has 4 nitrogen and oxygen atoms in total. The molecular weight excluding hydrogens is 673 g/mol. The van der Waals surface area contributed by atoms with Crippen LogP contribution in [0.15, 0.2) is 94.7 Å². The fourth-order valence-electron chi connectivity index (χ4n) is 8.48. The van der Waals surface area contributed by atoms with E-state index in [1.807, 2.05) is 50.3 Å². The number of hydrogen-bond donors (Lipinski definition) is 2. The Balaban J connectivity index is 1.17. The quantitative estimate of drug-likeness (QED) is 0.189. The third kappa shape index (κ3) is 7.63.